The number of halogens is 1. The number of benzene rings is 2. The lowest BCUT2D eigenvalue weighted by atomic mass is 10.1. The lowest BCUT2D eigenvalue weighted by Crippen LogP contribution is -1.95. The smallest absolute Gasteiger partial charge is 0.148 e. The second kappa shape index (κ2) is 4.91. The van der Waals surface area contributed by atoms with E-state index < -0.39 is 0 Å². The van der Waals surface area contributed by atoms with Crippen LogP contribution in [0.1, 0.15) is 16.7 Å². The van der Waals surface area contributed by atoms with Crippen LogP contribution in [0.4, 0.5) is 5.69 Å². The van der Waals surface area contributed by atoms with Crippen LogP contribution in [0.2, 0.25) is 5.02 Å². The Kier molecular flexibility index (Phi) is 3.48. The molecule has 2 N–H and O–H groups in total. The van der Waals surface area contributed by atoms with Crippen LogP contribution in [0.15, 0.2) is 30.3 Å². The van der Waals surface area contributed by atoms with Crippen molar-refractivity contribution in [3.05, 3.63) is 52.0 Å². The molecule has 0 heterocycles. The molecule has 0 aliphatic carbocycles. The van der Waals surface area contributed by atoms with Crippen LogP contribution < -0.4 is 10.5 Å². The summed E-state index contributed by atoms with van der Waals surface area (Å²) in [5.41, 5.74) is 9.75. The van der Waals surface area contributed by atoms with Crippen molar-refractivity contribution in [2.45, 2.75) is 20.8 Å². The molecule has 0 radical (unpaired) electrons. The standard InChI is InChI=1S/C15H16ClNO/c1-9-5-4-6-13(16)15(9)18-12-7-10(2)14(17)11(3)8-12/h4-8H,17H2,1-3H3. The van der Waals surface area contributed by atoms with Crippen molar-refractivity contribution < 1.29 is 4.74 Å². The molecular formula is C15H16ClNO. The summed E-state index contributed by atoms with van der Waals surface area (Å²) in [6.45, 7) is 5.90. The van der Waals surface area contributed by atoms with E-state index in [9.17, 15) is 0 Å². The monoisotopic (exact) mass is 261 g/mol. The third-order valence-corrected chi connectivity index (χ3v) is 3.25. The maximum atomic E-state index is 6.14. The lowest BCUT2D eigenvalue weighted by Gasteiger charge is -2.13. The molecule has 0 aliphatic heterocycles. The second-order valence-electron chi connectivity index (χ2n) is 4.46. The molecule has 2 rings (SSSR count). The van der Waals surface area contributed by atoms with Gasteiger partial charge in [0.2, 0.25) is 0 Å². The van der Waals surface area contributed by atoms with E-state index >= 15 is 0 Å². The molecule has 2 aromatic carbocycles. The van der Waals surface area contributed by atoms with Crippen LogP contribution in [0.3, 0.4) is 0 Å². The molecule has 0 saturated carbocycles. The minimum Gasteiger partial charge on any atom is -0.456 e. The van der Waals surface area contributed by atoms with E-state index in [1.807, 2.05) is 51.1 Å². The molecule has 2 nitrogen and oxygen atoms in total. The summed E-state index contributed by atoms with van der Waals surface area (Å²) >= 11 is 6.14. The molecule has 0 aromatic heterocycles. The molecule has 0 bridgehead atoms. The van der Waals surface area contributed by atoms with E-state index in [0.717, 1.165) is 28.1 Å². The Morgan fingerprint density at radius 3 is 2.17 bits per heavy atom. The first-order chi connectivity index (χ1) is 8.49. The van der Waals surface area contributed by atoms with Crippen LogP contribution >= 0.6 is 11.6 Å². The first-order valence-electron chi connectivity index (χ1n) is 5.78. The lowest BCUT2D eigenvalue weighted by molar-refractivity contribution is 0.478. The van der Waals surface area contributed by atoms with Crippen molar-refractivity contribution in [1.29, 1.82) is 0 Å². The van der Waals surface area contributed by atoms with Crippen molar-refractivity contribution in [1.82, 2.24) is 0 Å². The van der Waals surface area contributed by atoms with Crippen molar-refractivity contribution in [3.8, 4) is 11.5 Å². The van der Waals surface area contributed by atoms with Gasteiger partial charge in [-0.25, -0.2) is 0 Å². The number of ether oxygens (including phenoxy) is 1. The summed E-state index contributed by atoms with van der Waals surface area (Å²) in [7, 11) is 0. The van der Waals surface area contributed by atoms with Crippen molar-refractivity contribution in [2.24, 2.45) is 0 Å². The van der Waals surface area contributed by atoms with Crippen LogP contribution in [0.25, 0.3) is 0 Å². The van der Waals surface area contributed by atoms with Gasteiger partial charge >= 0.3 is 0 Å². The van der Waals surface area contributed by atoms with Gasteiger partial charge in [-0.3, -0.25) is 0 Å². The fourth-order valence-electron chi connectivity index (χ4n) is 1.86. The van der Waals surface area contributed by atoms with Gasteiger partial charge in [0, 0.05) is 5.69 Å². The number of aryl methyl sites for hydroxylation is 3. The summed E-state index contributed by atoms with van der Waals surface area (Å²) in [5.74, 6) is 1.46. The summed E-state index contributed by atoms with van der Waals surface area (Å²) in [4.78, 5) is 0. The van der Waals surface area contributed by atoms with Crippen molar-refractivity contribution in [3.63, 3.8) is 0 Å². The van der Waals surface area contributed by atoms with Gasteiger partial charge in [-0.15, -0.1) is 0 Å². The van der Waals surface area contributed by atoms with E-state index in [-0.39, 0.29) is 0 Å². The van der Waals surface area contributed by atoms with Gasteiger partial charge in [0.25, 0.3) is 0 Å². The third-order valence-electron chi connectivity index (χ3n) is 2.95. The summed E-state index contributed by atoms with van der Waals surface area (Å²) in [5, 5.41) is 0.613. The Hall–Kier alpha value is -1.67. The first-order valence-corrected chi connectivity index (χ1v) is 6.16. The zero-order chi connectivity index (χ0) is 13.3. The zero-order valence-corrected chi connectivity index (χ0v) is 11.5. The first kappa shape index (κ1) is 12.8. The maximum absolute atomic E-state index is 6.14. The Morgan fingerprint density at radius 1 is 1.00 bits per heavy atom. The predicted molar refractivity (Wildman–Crippen MR) is 76.6 cm³/mol. The fourth-order valence-corrected chi connectivity index (χ4v) is 2.12. The van der Waals surface area contributed by atoms with Gasteiger partial charge in [0.1, 0.15) is 11.5 Å². The Bertz CT molecular complexity index is 550. The molecule has 0 spiro atoms. The number of anilines is 1. The minimum atomic E-state index is 0.613. The average Bonchev–Trinajstić information content (AvgIpc) is 2.31. The molecule has 0 amide bonds. The van der Waals surface area contributed by atoms with Gasteiger partial charge in [-0.05, 0) is 55.7 Å². The van der Waals surface area contributed by atoms with E-state index in [1.54, 1.807) is 0 Å². The topological polar surface area (TPSA) is 35.2 Å². The molecule has 94 valence electrons. The second-order valence-corrected chi connectivity index (χ2v) is 4.87. The average molecular weight is 262 g/mol. The van der Waals surface area contributed by atoms with E-state index in [4.69, 9.17) is 22.1 Å². The fraction of sp³-hybridized carbons (Fsp3) is 0.200. The van der Waals surface area contributed by atoms with Gasteiger partial charge in [0.05, 0.1) is 5.02 Å². The molecule has 0 unspecified atom stereocenters. The SMILES string of the molecule is Cc1cc(Oc2c(C)cccc2Cl)cc(C)c1N. The van der Waals surface area contributed by atoms with Gasteiger partial charge in [0.15, 0.2) is 0 Å². The molecule has 0 saturated heterocycles. The molecule has 0 aliphatic rings. The highest BCUT2D eigenvalue weighted by molar-refractivity contribution is 6.32. The van der Waals surface area contributed by atoms with Crippen molar-refractivity contribution in [2.75, 3.05) is 5.73 Å². The van der Waals surface area contributed by atoms with Crippen LogP contribution in [0.5, 0.6) is 11.5 Å². The predicted octanol–water partition coefficient (Wildman–Crippen LogP) is 4.64. The number of hydrogen-bond acceptors (Lipinski definition) is 2. The third kappa shape index (κ3) is 2.44. The molecular weight excluding hydrogens is 246 g/mol. The van der Waals surface area contributed by atoms with Gasteiger partial charge < -0.3 is 10.5 Å². The number of nitrogens with two attached hydrogens (primary N) is 1. The number of nitrogen functional groups attached to an aromatic ring is 1. The Morgan fingerprint density at radius 2 is 1.61 bits per heavy atom. The normalized spacial score (nSPS) is 10.4. The van der Waals surface area contributed by atoms with Crippen LogP contribution in [-0.2, 0) is 0 Å². The number of rotatable bonds is 2. The molecule has 3 heteroatoms. The summed E-state index contributed by atoms with van der Waals surface area (Å²) in [6.07, 6.45) is 0. The van der Waals surface area contributed by atoms with E-state index in [2.05, 4.69) is 0 Å². The minimum absolute atomic E-state index is 0.613. The van der Waals surface area contributed by atoms with E-state index in [0.29, 0.717) is 10.8 Å². The molecule has 0 fully saturated rings. The highest BCUT2D eigenvalue weighted by atomic mass is 35.5. The van der Waals surface area contributed by atoms with Gasteiger partial charge in [-0.2, -0.15) is 0 Å². The molecule has 18 heavy (non-hydrogen) atoms. The highest BCUT2D eigenvalue weighted by Crippen LogP contribution is 2.34. The highest BCUT2D eigenvalue weighted by Gasteiger charge is 2.08. The quantitative estimate of drug-likeness (QED) is 0.800. The van der Waals surface area contributed by atoms with E-state index in [1.165, 1.54) is 0 Å². The van der Waals surface area contributed by atoms with Gasteiger partial charge in [-0.1, -0.05) is 23.7 Å². The summed E-state index contributed by atoms with van der Waals surface area (Å²) < 4.78 is 5.87. The number of hydrogen-bond donors (Lipinski definition) is 1. The van der Waals surface area contributed by atoms with Crippen LogP contribution in [0, 0.1) is 20.8 Å². The Balaban J connectivity index is 2.41. The molecule has 0 atom stereocenters. The zero-order valence-electron chi connectivity index (χ0n) is 10.8. The Labute approximate surface area is 112 Å². The van der Waals surface area contributed by atoms with Crippen molar-refractivity contribution >= 4 is 17.3 Å². The number of para-hydroxylation sites is 1. The van der Waals surface area contributed by atoms with Crippen LogP contribution in [-0.4, -0.2) is 0 Å². The maximum Gasteiger partial charge on any atom is 0.148 e. The largest absolute Gasteiger partial charge is 0.456 e. The molecule has 2 aromatic rings. The summed E-state index contributed by atoms with van der Waals surface area (Å²) in [6, 6.07) is 9.54.